The fourth-order valence-electron chi connectivity index (χ4n) is 3.78. The fourth-order valence-corrected chi connectivity index (χ4v) is 3.78. The molecule has 0 spiro atoms. The topological polar surface area (TPSA) is 75.3 Å². The van der Waals surface area contributed by atoms with Crippen LogP contribution >= 0.6 is 24.0 Å². The van der Waals surface area contributed by atoms with Gasteiger partial charge in [-0.2, -0.15) is 4.98 Å². The smallest absolute Gasteiger partial charge is 0.228 e. The largest absolute Gasteiger partial charge is 0.356 e. The molecule has 1 fully saturated rings. The first-order chi connectivity index (χ1) is 13.1. The first-order valence-corrected chi connectivity index (χ1v) is 9.95. The Morgan fingerprint density at radius 3 is 2.50 bits per heavy atom. The van der Waals surface area contributed by atoms with Gasteiger partial charge in [0.15, 0.2) is 11.8 Å². The summed E-state index contributed by atoms with van der Waals surface area (Å²) in [5.74, 6) is 2.53. The molecule has 0 radical (unpaired) electrons. The van der Waals surface area contributed by atoms with Gasteiger partial charge in [0.05, 0.1) is 0 Å². The predicted molar refractivity (Wildman–Crippen MR) is 123 cm³/mol. The quantitative estimate of drug-likeness (QED) is 0.343. The molecule has 1 saturated carbocycles. The van der Waals surface area contributed by atoms with Crippen molar-refractivity contribution in [3.05, 3.63) is 47.6 Å². The van der Waals surface area contributed by atoms with Crippen molar-refractivity contribution >= 4 is 29.9 Å². The summed E-state index contributed by atoms with van der Waals surface area (Å²) >= 11 is 0. The molecule has 0 saturated heterocycles. The monoisotopic (exact) mass is 497 g/mol. The van der Waals surface area contributed by atoms with Gasteiger partial charge in [-0.25, -0.2) is 0 Å². The van der Waals surface area contributed by atoms with Crippen LogP contribution < -0.4 is 10.6 Å². The lowest BCUT2D eigenvalue weighted by atomic mass is 9.79. The van der Waals surface area contributed by atoms with Gasteiger partial charge in [0.25, 0.3) is 0 Å². The Morgan fingerprint density at radius 1 is 1.18 bits per heavy atom. The van der Waals surface area contributed by atoms with Crippen molar-refractivity contribution in [2.24, 2.45) is 4.99 Å². The third kappa shape index (κ3) is 5.68. The van der Waals surface area contributed by atoms with Gasteiger partial charge in [-0.15, -0.1) is 24.0 Å². The molecule has 1 aromatic heterocycles. The lowest BCUT2D eigenvalue weighted by molar-refractivity contribution is 0.371. The second-order valence-electron chi connectivity index (χ2n) is 7.66. The van der Waals surface area contributed by atoms with E-state index in [1.54, 1.807) is 0 Å². The highest BCUT2D eigenvalue weighted by Gasteiger charge is 2.35. The minimum absolute atomic E-state index is 0. The minimum atomic E-state index is 0. The summed E-state index contributed by atoms with van der Waals surface area (Å²) in [6, 6.07) is 10.9. The SMILES string of the molecule is CN=C(NCCc1nc(C(C)C)no1)NCC1(c2ccccc2)CCCC1.I. The van der Waals surface area contributed by atoms with Crippen molar-refractivity contribution in [3.63, 3.8) is 0 Å². The molecule has 1 aliphatic carbocycles. The highest BCUT2D eigenvalue weighted by atomic mass is 127. The van der Waals surface area contributed by atoms with Crippen LogP contribution in [0, 0.1) is 0 Å². The van der Waals surface area contributed by atoms with Crippen LogP contribution in [0.15, 0.2) is 39.8 Å². The number of hydrogen-bond acceptors (Lipinski definition) is 4. The molecule has 7 heteroatoms. The van der Waals surface area contributed by atoms with Crippen molar-refractivity contribution in [1.29, 1.82) is 0 Å². The Morgan fingerprint density at radius 2 is 1.89 bits per heavy atom. The number of guanidine groups is 1. The summed E-state index contributed by atoms with van der Waals surface area (Å²) in [6.45, 7) is 5.72. The minimum Gasteiger partial charge on any atom is -0.356 e. The van der Waals surface area contributed by atoms with Gasteiger partial charge in [-0.1, -0.05) is 62.2 Å². The summed E-state index contributed by atoms with van der Waals surface area (Å²) in [7, 11) is 1.81. The van der Waals surface area contributed by atoms with Crippen molar-refractivity contribution in [1.82, 2.24) is 20.8 Å². The van der Waals surface area contributed by atoms with Crippen LogP contribution in [-0.2, 0) is 11.8 Å². The Hall–Kier alpha value is -1.64. The molecular formula is C21H32IN5O. The molecule has 0 atom stereocenters. The maximum Gasteiger partial charge on any atom is 0.228 e. The van der Waals surface area contributed by atoms with Crippen molar-refractivity contribution in [2.75, 3.05) is 20.1 Å². The molecule has 0 bridgehead atoms. The second kappa shape index (κ2) is 10.8. The number of nitrogens with one attached hydrogen (secondary N) is 2. The highest BCUT2D eigenvalue weighted by molar-refractivity contribution is 14.0. The number of aliphatic imine (C=N–C) groups is 1. The predicted octanol–water partition coefficient (Wildman–Crippen LogP) is 4.03. The first kappa shape index (κ1) is 22.6. The molecule has 0 aliphatic heterocycles. The normalized spacial score (nSPS) is 16.1. The van der Waals surface area contributed by atoms with E-state index in [9.17, 15) is 0 Å². The fraction of sp³-hybridized carbons (Fsp3) is 0.571. The molecular weight excluding hydrogens is 465 g/mol. The van der Waals surface area contributed by atoms with Crippen LogP contribution in [0.5, 0.6) is 0 Å². The lowest BCUT2D eigenvalue weighted by Gasteiger charge is -2.30. The Balaban J connectivity index is 0.00000280. The van der Waals surface area contributed by atoms with E-state index >= 15 is 0 Å². The van der Waals surface area contributed by atoms with Crippen LogP contribution in [0.1, 0.15) is 62.7 Å². The molecule has 1 heterocycles. The molecule has 2 N–H and O–H groups in total. The molecule has 0 amide bonds. The van der Waals surface area contributed by atoms with Crippen molar-refractivity contribution < 1.29 is 4.52 Å². The Labute approximate surface area is 185 Å². The van der Waals surface area contributed by atoms with Crippen LogP contribution in [0.3, 0.4) is 0 Å². The molecule has 6 nitrogen and oxygen atoms in total. The van der Waals surface area contributed by atoms with Crippen LogP contribution in [0.2, 0.25) is 0 Å². The van der Waals surface area contributed by atoms with Gasteiger partial charge >= 0.3 is 0 Å². The van der Waals surface area contributed by atoms with Gasteiger partial charge in [-0.3, -0.25) is 4.99 Å². The van der Waals surface area contributed by atoms with Gasteiger partial charge in [0.1, 0.15) is 0 Å². The average molecular weight is 497 g/mol. The molecule has 1 aromatic carbocycles. The summed E-state index contributed by atoms with van der Waals surface area (Å²) < 4.78 is 5.30. The third-order valence-electron chi connectivity index (χ3n) is 5.40. The summed E-state index contributed by atoms with van der Waals surface area (Å²) in [5.41, 5.74) is 1.63. The highest BCUT2D eigenvalue weighted by Crippen LogP contribution is 2.40. The maximum absolute atomic E-state index is 5.30. The molecule has 3 rings (SSSR count). The zero-order valence-electron chi connectivity index (χ0n) is 17.1. The summed E-state index contributed by atoms with van der Waals surface area (Å²) in [4.78, 5) is 8.78. The van der Waals surface area contributed by atoms with E-state index < -0.39 is 0 Å². The summed E-state index contributed by atoms with van der Waals surface area (Å²) in [6.07, 6.45) is 5.71. The van der Waals surface area contributed by atoms with E-state index in [0.717, 1.165) is 18.3 Å². The third-order valence-corrected chi connectivity index (χ3v) is 5.40. The van der Waals surface area contributed by atoms with E-state index in [-0.39, 0.29) is 35.3 Å². The molecule has 0 unspecified atom stereocenters. The number of benzene rings is 1. The maximum atomic E-state index is 5.30. The Kier molecular flexibility index (Phi) is 8.72. The zero-order valence-corrected chi connectivity index (χ0v) is 19.4. The van der Waals surface area contributed by atoms with E-state index in [1.807, 2.05) is 7.05 Å². The van der Waals surface area contributed by atoms with Crippen molar-refractivity contribution in [3.8, 4) is 0 Å². The van der Waals surface area contributed by atoms with E-state index in [0.29, 0.717) is 18.9 Å². The van der Waals surface area contributed by atoms with Gasteiger partial charge in [0, 0.05) is 37.9 Å². The Bertz CT molecular complexity index is 738. The number of halogens is 1. The van der Waals surface area contributed by atoms with Crippen molar-refractivity contribution in [2.45, 2.75) is 57.3 Å². The number of hydrogen-bond donors (Lipinski definition) is 2. The van der Waals surface area contributed by atoms with E-state index in [1.165, 1.54) is 31.2 Å². The molecule has 1 aliphatic rings. The van der Waals surface area contributed by atoms with E-state index in [2.05, 4.69) is 69.9 Å². The van der Waals surface area contributed by atoms with Crippen LogP contribution in [0.25, 0.3) is 0 Å². The van der Waals surface area contributed by atoms with Crippen LogP contribution in [0.4, 0.5) is 0 Å². The second-order valence-corrected chi connectivity index (χ2v) is 7.66. The first-order valence-electron chi connectivity index (χ1n) is 9.95. The van der Waals surface area contributed by atoms with Gasteiger partial charge in [-0.05, 0) is 18.4 Å². The molecule has 2 aromatic rings. The summed E-state index contributed by atoms with van der Waals surface area (Å²) in [5, 5.41) is 10.9. The number of nitrogens with zero attached hydrogens (tertiary/aromatic N) is 3. The number of aromatic nitrogens is 2. The standard InChI is InChI=1S/C21H31N5O.HI/c1-16(2)19-25-18(27-26-19)11-14-23-20(22-3)24-15-21(12-7-8-13-21)17-9-5-4-6-10-17;/h4-6,9-10,16H,7-8,11-15H2,1-3H3,(H2,22,23,24);1H. The molecule has 28 heavy (non-hydrogen) atoms. The van der Waals surface area contributed by atoms with Gasteiger partial charge in [0.2, 0.25) is 5.89 Å². The average Bonchev–Trinajstić information content (AvgIpc) is 3.36. The van der Waals surface area contributed by atoms with E-state index in [4.69, 9.17) is 4.52 Å². The number of rotatable bonds is 7. The van der Waals surface area contributed by atoms with Gasteiger partial charge < -0.3 is 15.2 Å². The molecule has 154 valence electrons. The van der Waals surface area contributed by atoms with Crippen LogP contribution in [-0.4, -0.2) is 36.2 Å². The zero-order chi connectivity index (χ0) is 19.1. The lowest BCUT2D eigenvalue weighted by Crippen LogP contribution is -2.45.